The van der Waals surface area contributed by atoms with E-state index in [1.165, 1.54) is 22.3 Å². The highest BCUT2D eigenvalue weighted by atomic mass is 35.5. The summed E-state index contributed by atoms with van der Waals surface area (Å²) in [5.74, 6) is 0. The quantitative estimate of drug-likeness (QED) is 0.564. The molecule has 3 aromatic carbocycles. The van der Waals surface area contributed by atoms with Crippen LogP contribution in [0.25, 0.3) is 0 Å². The van der Waals surface area contributed by atoms with Crippen LogP contribution in [-0.4, -0.2) is 11.7 Å². The van der Waals surface area contributed by atoms with Gasteiger partial charge < -0.3 is 16.2 Å². The van der Waals surface area contributed by atoms with Gasteiger partial charge in [0.2, 0.25) is 0 Å². The number of fused-ring (bicyclic) bond motifs is 2. The molecule has 28 heavy (non-hydrogen) atoms. The van der Waals surface area contributed by atoms with E-state index in [-0.39, 0.29) is 6.04 Å². The number of anilines is 1. The highest BCUT2D eigenvalue weighted by molar-refractivity contribution is 6.38. The standard InChI is InChI=1S/C23H22Cl2N2O/c24-19-11-16(12-20(25)22(19)26)21(28)13-27-23-17-7-3-1-5-14(17)9-10-15-6-2-4-8-18(15)23/h1-8,11-12,21,23,27-28H,9-10,13,26H2/p+1/t21-/m0/s1. The van der Waals surface area contributed by atoms with Crippen LogP contribution in [0.15, 0.2) is 60.7 Å². The monoisotopic (exact) mass is 413 g/mol. The molecule has 0 unspecified atom stereocenters. The Labute approximate surface area is 175 Å². The first-order valence-electron chi connectivity index (χ1n) is 9.46. The third-order valence-corrected chi connectivity index (χ3v) is 6.15. The molecule has 0 saturated heterocycles. The summed E-state index contributed by atoms with van der Waals surface area (Å²) in [7, 11) is 0. The maximum Gasteiger partial charge on any atom is 0.138 e. The van der Waals surface area contributed by atoms with Crippen LogP contribution in [0.5, 0.6) is 0 Å². The van der Waals surface area contributed by atoms with E-state index in [1.54, 1.807) is 12.1 Å². The van der Waals surface area contributed by atoms with Gasteiger partial charge in [0, 0.05) is 11.1 Å². The molecular weight excluding hydrogens is 391 g/mol. The zero-order chi connectivity index (χ0) is 19.7. The molecule has 5 heteroatoms. The second-order valence-electron chi connectivity index (χ2n) is 7.26. The minimum Gasteiger partial charge on any atom is -0.396 e. The van der Waals surface area contributed by atoms with Crippen molar-refractivity contribution >= 4 is 28.9 Å². The van der Waals surface area contributed by atoms with Crippen molar-refractivity contribution in [1.82, 2.24) is 0 Å². The van der Waals surface area contributed by atoms with E-state index in [0.717, 1.165) is 12.8 Å². The number of rotatable bonds is 4. The Morgan fingerprint density at radius 2 is 1.43 bits per heavy atom. The van der Waals surface area contributed by atoms with E-state index in [9.17, 15) is 5.11 Å². The lowest BCUT2D eigenvalue weighted by Gasteiger charge is -2.21. The lowest BCUT2D eigenvalue weighted by molar-refractivity contribution is -0.693. The average molecular weight is 414 g/mol. The Balaban J connectivity index is 1.62. The maximum absolute atomic E-state index is 10.8. The normalized spacial score (nSPS) is 14.8. The van der Waals surface area contributed by atoms with Gasteiger partial charge in [0.25, 0.3) is 0 Å². The van der Waals surface area contributed by atoms with E-state index in [1.807, 2.05) is 0 Å². The number of hydrogen-bond acceptors (Lipinski definition) is 2. The van der Waals surface area contributed by atoms with Gasteiger partial charge in [-0.3, -0.25) is 0 Å². The summed E-state index contributed by atoms with van der Waals surface area (Å²) in [6.45, 7) is 0.490. The van der Waals surface area contributed by atoms with Crippen LogP contribution in [0, 0.1) is 0 Å². The number of aryl methyl sites for hydroxylation is 2. The van der Waals surface area contributed by atoms with E-state index in [0.29, 0.717) is 27.8 Å². The minimum atomic E-state index is -0.696. The predicted molar refractivity (Wildman–Crippen MR) is 115 cm³/mol. The largest absolute Gasteiger partial charge is 0.396 e. The number of aliphatic hydroxyl groups excluding tert-OH is 1. The van der Waals surface area contributed by atoms with Gasteiger partial charge in [-0.2, -0.15) is 0 Å². The Hall–Kier alpha value is -2.04. The van der Waals surface area contributed by atoms with Gasteiger partial charge in [-0.05, 0) is 41.7 Å². The number of hydrogen-bond donors (Lipinski definition) is 3. The van der Waals surface area contributed by atoms with Crippen molar-refractivity contribution in [2.24, 2.45) is 0 Å². The number of quaternary nitrogens is 1. The molecular formula is C23H23Cl2N2O+. The molecule has 0 bridgehead atoms. The Morgan fingerprint density at radius 3 is 1.96 bits per heavy atom. The number of halogens is 2. The van der Waals surface area contributed by atoms with Gasteiger partial charge in [0.1, 0.15) is 18.7 Å². The van der Waals surface area contributed by atoms with E-state index in [2.05, 4.69) is 53.8 Å². The molecule has 0 spiro atoms. The van der Waals surface area contributed by atoms with Crippen molar-refractivity contribution in [2.45, 2.75) is 25.0 Å². The van der Waals surface area contributed by atoms with Crippen molar-refractivity contribution in [3.05, 3.63) is 98.5 Å². The van der Waals surface area contributed by atoms with Gasteiger partial charge in [-0.1, -0.05) is 71.7 Å². The summed E-state index contributed by atoms with van der Waals surface area (Å²) in [6.07, 6.45) is 1.37. The summed E-state index contributed by atoms with van der Waals surface area (Å²) in [5.41, 5.74) is 12.2. The van der Waals surface area contributed by atoms with Gasteiger partial charge in [-0.15, -0.1) is 0 Å². The van der Waals surface area contributed by atoms with E-state index in [4.69, 9.17) is 28.9 Å². The molecule has 0 aromatic heterocycles. The Bertz CT molecular complexity index is 935. The first-order valence-corrected chi connectivity index (χ1v) is 10.2. The van der Waals surface area contributed by atoms with Gasteiger partial charge in [0.15, 0.2) is 0 Å². The van der Waals surface area contributed by atoms with Gasteiger partial charge in [0.05, 0.1) is 15.7 Å². The van der Waals surface area contributed by atoms with Crippen LogP contribution >= 0.6 is 23.2 Å². The Morgan fingerprint density at radius 1 is 0.929 bits per heavy atom. The molecule has 0 aliphatic heterocycles. The zero-order valence-corrected chi connectivity index (χ0v) is 16.9. The molecule has 0 fully saturated rings. The van der Waals surface area contributed by atoms with Crippen molar-refractivity contribution in [3.8, 4) is 0 Å². The van der Waals surface area contributed by atoms with Crippen molar-refractivity contribution in [1.29, 1.82) is 0 Å². The van der Waals surface area contributed by atoms with Crippen molar-refractivity contribution < 1.29 is 10.4 Å². The molecule has 5 N–H and O–H groups in total. The maximum atomic E-state index is 10.8. The molecule has 0 radical (unpaired) electrons. The highest BCUT2D eigenvalue weighted by Gasteiger charge is 2.27. The first-order chi connectivity index (χ1) is 13.5. The summed E-state index contributed by atoms with van der Waals surface area (Å²) in [4.78, 5) is 0. The molecule has 144 valence electrons. The van der Waals surface area contributed by atoms with Gasteiger partial charge in [-0.25, -0.2) is 0 Å². The number of benzene rings is 3. The third kappa shape index (κ3) is 3.76. The molecule has 1 atom stereocenters. The number of nitrogen functional groups attached to an aromatic ring is 1. The summed E-state index contributed by atoms with van der Waals surface area (Å²) >= 11 is 12.3. The average Bonchev–Trinajstić information content (AvgIpc) is 2.87. The lowest BCUT2D eigenvalue weighted by Crippen LogP contribution is -2.86. The van der Waals surface area contributed by atoms with Crippen LogP contribution in [-0.2, 0) is 12.8 Å². The van der Waals surface area contributed by atoms with E-state index < -0.39 is 6.10 Å². The number of nitrogens with two attached hydrogens (primary N) is 2. The van der Waals surface area contributed by atoms with Crippen LogP contribution in [0.4, 0.5) is 5.69 Å². The highest BCUT2D eigenvalue weighted by Crippen LogP contribution is 2.32. The minimum absolute atomic E-state index is 0.143. The molecule has 3 aromatic rings. The molecule has 4 rings (SSSR count). The fourth-order valence-corrected chi connectivity index (χ4v) is 4.52. The smallest absolute Gasteiger partial charge is 0.138 e. The molecule has 0 saturated carbocycles. The lowest BCUT2D eigenvalue weighted by atomic mass is 9.94. The molecule has 0 heterocycles. The first kappa shape index (κ1) is 19.3. The molecule has 1 aliphatic carbocycles. The summed E-state index contributed by atoms with van der Waals surface area (Å²) < 4.78 is 0. The summed E-state index contributed by atoms with van der Waals surface area (Å²) in [6, 6.07) is 20.7. The fourth-order valence-electron chi connectivity index (χ4n) is 4.02. The number of aliphatic hydroxyl groups is 1. The van der Waals surface area contributed by atoms with Crippen LogP contribution in [0.3, 0.4) is 0 Å². The second kappa shape index (κ2) is 8.14. The predicted octanol–water partition coefficient (Wildman–Crippen LogP) is 4.06. The molecule has 3 nitrogen and oxygen atoms in total. The second-order valence-corrected chi connectivity index (χ2v) is 8.08. The SMILES string of the molecule is Nc1c(Cl)cc([C@@H](O)C[NH2+]C2c3ccccc3CCc3ccccc32)cc1Cl. The fraction of sp³-hybridized carbons (Fsp3) is 0.217. The van der Waals surface area contributed by atoms with E-state index >= 15 is 0 Å². The van der Waals surface area contributed by atoms with Crippen molar-refractivity contribution in [2.75, 3.05) is 12.3 Å². The van der Waals surface area contributed by atoms with Crippen LogP contribution in [0.2, 0.25) is 10.0 Å². The van der Waals surface area contributed by atoms with Crippen LogP contribution in [0.1, 0.15) is 40.0 Å². The summed E-state index contributed by atoms with van der Waals surface area (Å²) in [5, 5.41) is 13.7. The third-order valence-electron chi connectivity index (χ3n) is 5.53. The van der Waals surface area contributed by atoms with Crippen molar-refractivity contribution in [3.63, 3.8) is 0 Å². The zero-order valence-electron chi connectivity index (χ0n) is 15.4. The van der Waals surface area contributed by atoms with Crippen LogP contribution < -0.4 is 11.1 Å². The molecule has 1 aliphatic rings. The van der Waals surface area contributed by atoms with Gasteiger partial charge >= 0.3 is 0 Å². The topological polar surface area (TPSA) is 62.9 Å². The molecule has 0 amide bonds. The Kier molecular flexibility index (Phi) is 5.61.